The van der Waals surface area contributed by atoms with Crippen LogP contribution in [0.2, 0.25) is 0 Å². The Morgan fingerprint density at radius 1 is 0.923 bits per heavy atom. The van der Waals surface area contributed by atoms with Crippen LogP contribution in [0.15, 0.2) is 30.3 Å². The second-order valence-corrected chi connectivity index (χ2v) is 15.8. The number of hydrogen-bond acceptors (Lipinski definition) is 9. The van der Waals surface area contributed by atoms with Crippen molar-refractivity contribution < 1.29 is 42.9 Å². The molecule has 0 bridgehead atoms. The first-order valence-corrected chi connectivity index (χ1v) is 18.9. The van der Waals surface area contributed by atoms with Crippen LogP contribution < -0.4 is 0 Å². The Hall–Kier alpha value is -3.31. The highest BCUT2D eigenvalue weighted by atomic mass is 16.6. The number of rotatable bonds is 20. The predicted molar refractivity (Wildman–Crippen MR) is 200 cm³/mol. The summed E-state index contributed by atoms with van der Waals surface area (Å²) in [7, 11) is 6.16. The zero-order valence-corrected chi connectivity index (χ0v) is 33.8. The fraction of sp³-hybridized carbons (Fsp3) is 0.732. The van der Waals surface area contributed by atoms with Crippen LogP contribution in [0.25, 0.3) is 0 Å². The molecule has 0 aromatic heterocycles. The second-order valence-electron chi connectivity index (χ2n) is 15.8. The summed E-state index contributed by atoms with van der Waals surface area (Å²) < 4.78 is 22.5. The van der Waals surface area contributed by atoms with Gasteiger partial charge in [0.1, 0.15) is 11.4 Å². The number of likely N-dealkylation sites (tertiary alicyclic amines) is 1. The molecule has 0 radical (unpaired) electrons. The van der Waals surface area contributed by atoms with Crippen LogP contribution in [0.4, 0.5) is 0 Å². The number of amides is 2. The number of ether oxygens (including phenoxy) is 4. The Labute approximate surface area is 312 Å². The number of carbonyl (C=O) groups excluding carboxylic acids is 5. The monoisotopic (exact) mass is 730 g/mol. The number of methoxy groups -OCH3 is 3. The van der Waals surface area contributed by atoms with E-state index in [1.165, 1.54) is 7.11 Å². The van der Waals surface area contributed by atoms with Crippen molar-refractivity contribution in [2.45, 2.75) is 130 Å². The van der Waals surface area contributed by atoms with Gasteiger partial charge in [-0.25, -0.2) is 0 Å². The third kappa shape index (κ3) is 12.7. The van der Waals surface area contributed by atoms with Gasteiger partial charge in [-0.15, -0.1) is 0 Å². The fourth-order valence-electron chi connectivity index (χ4n) is 7.51. The third-order valence-corrected chi connectivity index (χ3v) is 10.6. The van der Waals surface area contributed by atoms with E-state index in [2.05, 4.69) is 0 Å². The number of hydrogen-bond donors (Lipinski definition) is 0. The lowest BCUT2D eigenvalue weighted by Crippen LogP contribution is -2.54. The molecule has 1 aromatic carbocycles. The molecule has 1 fully saturated rings. The average molecular weight is 731 g/mol. The van der Waals surface area contributed by atoms with Gasteiger partial charge in [0, 0.05) is 40.2 Å². The standard InChI is InChI=1S/C41H66N2O9/c1-13-27(4)37(42(9)39(47)31(26(2)3)24-36(46)52-41(6,7)8)34(49-10)25-35(45)43-21-17-20-32(43)38(50-11)28(5)33(44)23-30(40(48)51-12)22-29-18-15-14-16-19-29/h14-16,18-19,26-28,30-32,34,37-38H,13,17,20-25H2,1-12H3/t27-,28-,30+,31-,32-,34+,37-,38+/m0/s1. The molecule has 0 N–H and O–H groups in total. The maximum Gasteiger partial charge on any atom is 0.309 e. The normalized spacial score (nSPS) is 18.9. The van der Waals surface area contributed by atoms with Crippen molar-refractivity contribution in [1.82, 2.24) is 9.80 Å². The highest BCUT2D eigenvalue weighted by Crippen LogP contribution is 2.31. The van der Waals surface area contributed by atoms with Crippen LogP contribution in [0.3, 0.4) is 0 Å². The number of Topliss-reactive ketones (excluding diaryl/α,β-unsaturated/α-hetero) is 1. The first-order chi connectivity index (χ1) is 24.4. The van der Waals surface area contributed by atoms with Crippen LogP contribution >= 0.6 is 0 Å². The number of benzene rings is 1. The smallest absolute Gasteiger partial charge is 0.309 e. The SMILES string of the molecule is CC[C@H](C)[C@@H]([C@@H](CC(=O)N1CCC[C@H]1[C@H](OC)[C@@H](C)C(=O)C[C@@H](Cc1ccccc1)C(=O)OC)OC)N(C)C(=O)[C@@H](CC(=O)OC(C)(C)C)C(C)C. The van der Waals surface area contributed by atoms with Crippen LogP contribution in [0.5, 0.6) is 0 Å². The molecular weight excluding hydrogens is 664 g/mol. The number of esters is 2. The minimum atomic E-state index is -0.664. The van der Waals surface area contributed by atoms with E-state index in [1.807, 2.05) is 58.0 Å². The van der Waals surface area contributed by atoms with Crippen LogP contribution in [-0.2, 0) is 49.3 Å². The van der Waals surface area contributed by atoms with Gasteiger partial charge in [-0.05, 0) is 57.4 Å². The topological polar surface area (TPSA) is 129 Å². The van der Waals surface area contributed by atoms with Gasteiger partial charge in [0.15, 0.2) is 0 Å². The molecule has 1 heterocycles. The molecule has 0 spiro atoms. The van der Waals surface area contributed by atoms with E-state index in [0.717, 1.165) is 18.4 Å². The van der Waals surface area contributed by atoms with Crippen molar-refractivity contribution in [3.8, 4) is 0 Å². The van der Waals surface area contributed by atoms with Gasteiger partial charge in [-0.1, -0.05) is 71.4 Å². The van der Waals surface area contributed by atoms with E-state index >= 15 is 0 Å². The molecule has 1 saturated heterocycles. The minimum Gasteiger partial charge on any atom is -0.469 e. The summed E-state index contributed by atoms with van der Waals surface area (Å²) in [5.74, 6) is -3.29. The molecule has 2 amide bonds. The molecular formula is C41H66N2O9. The highest BCUT2D eigenvalue weighted by molar-refractivity contribution is 5.87. The molecule has 0 saturated carbocycles. The molecule has 1 aliphatic heterocycles. The molecule has 294 valence electrons. The quantitative estimate of drug-likeness (QED) is 0.151. The van der Waals surface area contributed by atoms with Gasteiger partial charge in [0.25, 0.3) is 0 Å². The summed E-state index contributed by atoms with van der Waals surface area (Å²) in [6, 6.07) is 8.74. The van der Waals surface area contributed by atoms with E-state index in [9.17, 15) is 24.0 Å². The Morgan fingerprint density at radius 2 is 1.56 bits per heavy atom. The molecule has 0 unspecified atom stereocenters. The van der Waals surface area contributed by atoms with E-state index in [4.69, 9.17) is 18.9 Å². The van der Waals surface area contributed by atoms with Gasteiger partial charge >= 0.3 is 11.9 Å². The number of likely N-dealkylation sites (N-methyl/N-ethyl adjacent to an activating group) is 1. The van der Waals surface area contributed by atoms with Crippen molar-refractivity contribution in [2.24, 2.45) is 29.6 Å². The highest BCUT2D eigenvalue weighted by Gasteiger charge is 2.43. The lowest BCUT2D eigenvalue weighted by atomic mass is 9.85. The van der Waals surface area contributed by atoms with Crippen LogP contribution in [0.1, 0.15) is 99.5 Å². The summed E-state index contributed by atoms with van der Waals surface area (Å²) in [6.07, 6.45) is 1.32. The fourth-order valence-corrected chi connectivity index (χ4v) is 7.51. The molecule has 52 heavy (non-hydrogen) atoms. The van der Waals surface area contributed by atoms with E-state index in [0.29, 0.717) is 19.4 Å². The summed E-state index contributed by atoms with van der Waals surface area (Å²) >= 11 is 0. The van der Waals surface area contributed by atoms with Crippen molar-refractivity contribution in [1.29, 1.82) is 0 Å². The van der Waals surface area contributed by atoms with E-state index in [-0.39, 0.29) is 54.7 Å². The van der Waals surface area contributed by atoms with Crippen molar-refractivity contribution in [3.63, 3.8) is 0 Å². The second kappa shape index (κ2) is 20.8. The predicted octanol–water partition coefficient (Wildman–Crippen LogP) is 5.90. The van der Waals surface area contributed by atoms with Crippen molar-refractivity contribution in [3.05, 3.63) is 35.9 Å². The van der Waals surface area contributed by atoms with Crippen molar-refractivity contribution >= 4 is 29.5 Å². The Balaban J connectivity index is 2.26. The van der Waals surface area contributed by atoms with Crippen LogP contribution in [0, 0.1) is 29.6 Å². The summed E-state index contributed by atoms with van der Waals surface area (Å²) in [4.78, 5) is 70.9. The maximum atomic E-state index is 14.2. The largest absolute Gasteiger partial charge is 0.469 e. The Morgan fingerprint density at radius 3 is 2.08 bits per heavy atom. The molecule has 11 nitrogen and oxygen atoms in total. The van der Waals surface area contributed by atoms with Gasteiger partial charge in [0.2, 0.25) is 11.8 Å². The van der Waals surface area contributed by atoms with Gasteiger partial charge in [-0.3, -0.25) is 24.0 Å². The van der Waals surface area contributed by atoms with E-state index < -0.39 is 53.5 Å². The molecule has 8 atom stereocenters. The van der Waals surface area contributed by atoms with Crippen molar-refractivity contribution in [2.75, 3.05) is 34.9 Å². The summed E-state index contributed by atoms with van der Waals surface area (Å²) in [5, 5.41) is 0. The first-order valence-electron chi connectivity index (χ1n) is 18.9. The Kier molecular flexibility index (Phi) is 17.9. The summed E-state index contributed by atoms with van der Waals surface area (Å²) in [6.45, 7) is 15.6. The minimum absolute atomic E-state index is 0.00272. The van der Waals surface area contributed by atoms with Gasteiger partial charge < -0.3 is 28.7 Å². The zero-order valence-electron chi connectivity index (χ0n) is 33.8. The average Bonchev–Trinajstić information content (AvgIpc) is 3.58. The number of nitrogens with zero attached hydrogens (tertiary/aromatic N) is 2. The lowest BCUT2D eigenvalue weighted by Gasteiger charge is -2.40. The molecule has 11 heteroatoms. The number of ketones is 1. The maximum absolute atomic E-state index is 14.2. The zero-order chi connectivity index (χ0) is 39.3. The van der Waals surface area contributed by atoms with Gasteiger partial charge in [0.05, 0.1) is 56.1 Å². The lowest BCUT2D eigenvalue weighted by molar-refractivity contribution is -0.160. The van der Waals surface area contributed by atoms with Gasteiger partial charge in [-0.2, -0.15) is 0 Å². The molecule has 1 aliphatic rings. The first kappa shape index (κ1) is 44.8. The summed E-state index contributed by atoms with van der Waals surface area (Å²) in [5.41, 5.74) is 0.274. The molecule has 2 rings (SSSR count). The number of carbonyl (C=O) groups is 5. The van der Waals surface area contributed by atoms with Crippen LogP contribution in [-0.4, -0.2) is 104 Å². The third-order valence-electron chi connectivity index (χ3n) is 10.6. The molecule has 0 aliphatic carbocycles. The Bertz CT molecular complexity index is 1310. The van der Waals surface area contributed by atoms with E-state index in [1.54, 1.807) is 58.8 Å². The molecule has 1 aromatic rings.